The van der Waals surface area contributed by atoms with Crippen LogP contribution in [0, 0.1) is 6.92 Å². The molecule has 0 aromatic heterocycles. The van der Waals surface area contributed by atoms with Gasteiger partial charge in [-0.05, 0) is 59.9 Å². The normalized spacial score (nSPS) is 13.4. The highest BCUT2D eigenvalue weighted by Gasteiger charge is 2.15. The molecule has 0 radical (unpaired) electrons. The zero-order valence-electron chi connectivity index (χ0n) is 17.2. The van der Waals surface area contributed by atoms with Crippen molar-refractivity contribution < 1.29 is 14.3 Å². The zero-order chi connectivity index (χ0) is 20.9. The molecule has 0 aliphatic carbocycles. The largest absolute Gasteiger partial charge is 0.455 e. The lowest BCUT2D eigenvalue weighted by atomic mass is 10.0. The van der Waals surface area contributed by atoms with E-state index in [0.29, 0.717) is 0 Å². The van der Waals surface area contributed by atoms with Crippen LogP contribution in [0.1, 0.15) is 24.0 Å². The van der Waals surface area contributed by atoms with E-state index in [4.69, 9.17) is 4.74 Å². The molecule has 1 aliphatic heterocycles. The van der Waals surface area contributed by atoms with Crippen LogP contribution >= 0.6 is 0 Å². The number of benzene rings is 3. The first kappa shape index (κ1) is 20.0. The molecular formula is C25H26N2O3. The standard InChI is InChI=1S/C25H26N2O3/c1-18-15-21(27-13-4-5-14-27)11-12-23(18)26-24(28)17-30-25(29)16-20-9-6-8-19-7-2-3-10-22(19)20/h2-3,6-12,15H,4-5,13-14,16-17H2,1H3,(H,26,28). The maximum Gasteiger partial charge on any atom is 0.310 e. The van der Waals surface area contributed by atoms with Gasteiger partial charge in [-0.1, -0.05) is 42.5 Å². The van der Waals surface area contributed by atoms with Crippen LogP contribution in [0.5, 0.6) is 0 Å². The van der Waals surface area contributed by atoms with Crippen molar-refractivity contribution in [1.29, 1.82) is 0 Å². The van der Waals surface area contributed by atoms with Crippen LogP contribution in [0.25, 0.3) is 10.8 Å². The summed E-state index contributed by atoms with van der Waals surface area (Å²) >= 11 is 0. The number of rotatable bonds is 6. The van der Waals surface area contributed by atoms with Crippen LogP contribution < -0.4 is 10.2 Å². The van der Waals surface area contributed by atoms with E-state index in [-0.39, 0.29) is 18.9 Å². The van der Waals surface area contributed by atoms with Crippen molar-refractivity contribution in [2.45, 2.75) is 26.2 Å². The number of fused-ring (bicyclic) bond motifs is 1. The maximum atomic E-state index is 12.3. The summed E-state index contributed by atoms with van der Waals surface area (Å²) in [6.45, 7) is 3.84. The third-order valence-electron chi connectivity index (χ3n) is 5.53. The molecule has 3 aromatic carbocycles. The minimum absolute atomic E-state index is 0.137. The van der Waals surface area contributed by atoms with Gasteiger partial charge in [0.1, 0.15) is 0 Å². The van der Waals surface area contributed by atoms with Crippen molar-refractivity contribution in [2.24, 2.45) is 0 Å². The molecule has 1 aliphatic rings. The number of esters is 1. The van der Waals surface area contributed by atoms with Gasteiger partial charge in [0.15, 0.2) is 6.61 Å². The first-order chi connectivity index (χ1) is 14.6. The third-order valence-corrected chi connectivity index (χ3v) is 5.53. The maximum absolute atomic E-state index is 12.3. The summed E-state index contributed by atoms with van der Waals surface area (Å²) in [6.07, 6.45) is 2.58. The lowest BCUT2D eigenvalue weighted by Crippen LogP contribution is -2.22. The summed E-state index contributed by atoms with van der Waals surface area (Å²) in [5.74, 6) is -0.749. The lowest BCUT2D eigenvalue weighted by Gasteiger charge is -2.19. The molecule has 1 heterocycles. The Bertz CT molecular complexity index is 1070. The predicted molar refractivity (Wildman–Crippen MR) is 120 cm³/mol. The van der Waals surface area contributed by atoms with Gasteiger partial charge in [-0.25, -0.2) is 0 Å². The molecular weight excluding hydrogens is 376 g/mol. The van der Waals surface area contributed by atoms with E-state index in [9.17, 15) is 9.59 Å². The van der Waals surface area contributed by atoms with Gasteiger partial charge in [0.05, 0.1) is 6.42 Å². The minimum Gasteiger partial charge on any atom is -0.455 e. The van der Waals surface area contributed by atoms with Crippen LogP contribution in [0.2, 0.25) is 0 Å². The number of aryl methyl sites for hydroxylation is 1. The average molecular weight is 402 g/mol. The fourth-order valence-electron chi connectivity index (χ4n) is 3.95. The number of nitrogens with one attached hydrogen (secondary N) is 1. The molecule has 0 atom stereocenters. The summed E-state index contributed by atoms with van der Waals surface area (Å²) in [5.41, 5.74) is 3.82. The van der Waals surface area contributed by atoms with E-state index in [1.54, 1.807) is 0 Å². The Morgan fingerprint density at radius 3 is 2.57 bits per heavy atom. The highest BCUT2D eigenvalue weighted by Crippen LogP contribution is 2.25. The molecule has 5 heteroatoms. The molecule has 3 aromatic rings. The Balaban J connectivity index is 1.31. The molecule has 0 spiro atoms. The molecule has 0 bridgehead atoms. The number of carbonyl (C=O) groups excluding carboxylic acids is 2. The highest BCUT2D eigenvalue weighted by molar-refractivity contribution is 5.94. The fraction of sp³-hybridized carbons (Fsp3) is 0.280. The van der Waals surface area contributed by atoms with Gasteiger partial charge < -0.3 is 15.0 Å². The SMILES string of the molecule is Cc1cc(N2CCCC2)ccc1NC(=O)COC(=O)Cc1cccc2ccccc12. The summed E-state index contributed by atoms with van der Waals surface area (Å²) in [7, 11) is 0. The molecule has 1 saturated heterocycles. The molecule has 1 amide bonds. The predicted octanol–water partition coefficient (Wildman–Crippen LogP) is 4.47. The minimum atomic E-state index is -0.414. The van der Waals surface area contributed by atoms with Crippen molar-refractivity contribution in [1.82, 2.24) is 0 Å². The average Bonchev–Trinajstić information content (AvgIpc) is 3.29. The number of nitrogens with zero attached hydrogens (tertiary/aromatic N) is 1. The summed E-state index contributed by atoms with van der Waals surface area (Å²) in [4.78, 5) is 26.9. The van der Waals surface area contributed by atoms with Crippen molar-refractivity contribution in [3.8, 4) is 0 Å². The molecule has 1 fully saturated rings. The number of carbonyl (C=O) groups is 2. The van der Waals surface area contributed by atoms with E-state index in [0.717, 1.165) is 40.7 Å². The van der Waals surface area contributed by atoms with Crippen LogP contribution in [0.4, 0.5) is 11.4 Å². The fourth-order valence-corrected chi connectivity index (χ4v) is 3.95. The first-order valence-electron chi connectivity index (χ1n) is 10.4. The summed E-state index contributed by atoms with van der Waals surface area (Å²) in [5, 5.41) is 4.94. The topological polar surface area (TPSA) is 58.6 Å². The van der Waals surface area contributed by atoms with Gasteiger partial charge in [0.25, 0.3) is 5.91 Å². The van der Waals surface area contributed by atoms with Crippen LogP contribution in [-0.2, 0) is 20.7 Å². The Morgan fingerprint density at radius 1 is 1.00 bits per heavy atom. The molecule has 30 heavy (non-hydrogen) atoms. The molecule has 154 valence electrons. The monoisotopic (exact) mass is 402 g/mol. The number of hydrogen-bond donors (Lipinski definition) is 1. The van der Waals surface area contributed by atoms with Gasteiger partial charge >= 0.3 is 5.97 Å². The first-order valence-corrected chi connectivity index (χ1v) is 10.4. The summed E-state index contributed by atoms with van der Waals surface area (Å²) in [6, 6.07) is 19.8. The second-order valence-corrected chi connectivity index (χ2v) is 7.72. The zero-order valence-corrected chi connectivity index (χ0v) is 17.2. The van der Waals surface area contributed by atoms with Crippen molar-refractivity contribution in [3.63, 3.8) is 0 Å². The number of hydrogen-bond acceptors (Lipinski definition) is 4. The van der Waals surface area contributed by atoms with E-state index >= 15 is 0 Å². The smallest absolute Gasteiger partial charge is 0.310 e. The van der Waals surface area contributed by atoms with Crippen molar-refractivity contribution in [3.05, 3.63) is 71.8 Å². The third kappa shape index (κ3) is 4.62. The molecule has 0 unspecified atom stereocenters. The quantitative estimate of drug-likeness (QED) is 0.618. The van der Waals surface area contributed by atoms with Gasteiger partial charge in [0, 0.05) is 24.5 Å². The van der Waals surface area contributed by atoms with E-state index < -0.39 is 5.97 Å². The lowest BCUT2D eigenvalue weighted by molar-refractivity contribution is -0.146. The van der Waals surface area contributed by atoms with Gasteiger partial charge in [-0.15, -0.1) is 0 Å². The van der Waals surface area contributed by atoms with E-state index in [1.807, 2.05) is 61.5 Å². The Hall–Kier alpha value is -3.34. The molecule has 4 rings (SSSR count). The van der Waals surface area contributed by atoms with Crippen LogP contribution in [0.3, 0.4) is 0 Å². The van der Waals surface area contributed by atoms with Gasteiger partial charge in [0.2, 0.25) is 0 Å². The number of ether oxygens (including phenoxy) is 1. The highest BCUT2D eigenvalue weighted by atomic mass is 16.5. The Kier molecular flexibility index (Phi) is 5.98. The molecule has 0 saturated carbocycles. The van der Waals surface area contributed by atoms with Crippen molar-refractivity contribution in [2.75, 3.05) is 29.9 Å². The second kappa shape index (κ2) is 8.99. The Labute approximate surface area is 176 Å². The number of anilines is 2. The molecule has 5 nitrogen and oxygen atoms in total. The van der Waals surface area contributed by atoms with Crippen molar-refractivity contribution >= 4 is 34.0 Å². The number of amides is 1. The second-order valence-electron chi connectivity index (χ2n) is 7.72. The van der Waals surface area contributed by atoms with Gasteiger partial charge in [-0.2, -0.15) is 0 Å². The van der Waals surface area contributed by atoms with E-state index in [2.05, 4.69) is 16.3 Å². The summed E-state index contributed by atoms with van der Waals surface area (Å²) < 4.78 is 5.21. The van der Waals surface area contributed by atoms with E-state index in [1.165, 1.54) is 18.5 Å². The molecule has 1 N–H and O–H groups in total. The van der Waals surface area contributed by atoms with Crippen LogP contribution in [-0.4, -0.2) is 31.6 Å². The Morgan fingerprint density at radius 2 is 1.77 bits per heavy atom. The van der Waals surface area contributed by atoms with Crippen LogP contribution in [0.15, 0.2) is 60.7 Å². The van der Waals surface area contributed by atoms with Gasteiger partial charge in [-0.3, -0.25) is 9.59 Å².